The number of nitrogens with zero attached hydrogens (tertiary/aromatic N) is 2. The number of para-hydroxylation sites is 2. The summed E-state index contributed by atoms with van der Waals surface area (Å²) < 4.78 is 8.10. The normalized spacial score (nSPS) is 16.9. The van der Waals surface area contributed by atoms with E-state index in [1.165, 1.54) is 33.8 Å². The molecule has 7 heteroatoms. The number of ether oxygens (including phenoxy) is 1. The fourth-order valence-electron chi connectivity index (χ4n) is 5.17. The SMILES string of the molecule is CCOc1ccccc1NC(=O)N1Cc2c(sc3c2CCCC3)-n2cccc2C1c1cccs1. The zero-order chi connectivity index (χ0) is 23.1. The Morgan fingerprint density at radius 3 is 2.82 bits per heavy atom. The smallest absolute Gasteiger partial charge is 0.323 e. The Morgan fingerprint density at radius 2 is 1.97 bits per heavy atom. The van der Waals surface area contributed by atoms with Crippen molar-refractivity contribution in [2.45, 2.75) is 45.2 Å². The van der Waals surface area contributed by atoms with Gasteiger partial charge in [-0.05, 0) is 73.9 Å². The zero-order valence-corrected chi connectivity index (χ0v) is 20.8. The van der Waals surface area contributed by atoms with Crippen LogP contribution in [0.4, 0.5) is 10.5 Å². The summed E-state index contributed by atoms with van der Waals surface area (Å²) in [6.07, 6.45) is 6.87. The van der Waals surface area contributed by atoms with Gasteiger partial charge in [0.05, 0.1) is 24.5 Å². The van der Waals surface area contributed by atoms with Crippen molar-refractivity contribution >= 4 is 34.4 Å². The first-order valence-electron chi connectivity index (χ1n) is 11.9. The Kier molecular flexibility index (Phi) is 5.67. The minimum Gasteiger partial charge on any atom is -0.492 e. The molecule has 0 bridgehead atoms. The molecule has 0 saturated carbocycles. The van der Waals surface area contributed by atoms with E-state index in [0.29, 0.717) is 24.6 Å². The summed E-state index contributed by atoms with van der Waals surface area (Å²) in [5.41, 5.74) is 4.61. The molecule has 4 heterocycles. The Hall–Kier alpha value is -3.03. The van der Waals surface area contributed by atoms with Crippen LogP contribution in [0.5, 0.6) is 5.75 Å². The summed E-state index contributed by atoms with van der Waals surface area (Å²) >= 11 is 3.61. The maximum Gasteiger partial charge on any atom is 0.323 e. The molecule has 4 aromatic rings. The van der Waals surface area contributed by atoms with Gasteiger partial charge in [-0.3, -0.25) is 0 Å². The Balaban J connectivity index is 1.46. The zero-order valence-electron chi connectivity index (χ0n) is 19.1. The van der Waals surface area contributed by atoms with Crippen molar-refractivity contribution in [1.82, 2.24) is 9.47 Å². The highest BCUT2D eigenvalue weighted by Crippen LogP contribution is 2.45. The molecule has 0 saturated heterocycles. The van der Waals surface area contributed by atoms with Gasteiger partial charge in [0.15, 0.2) is 0 Å². The van der Waals surface area contributed by atoms with Gasteiger partial charge in [-0.2, -0.15) is 0 Å². The van der Waals surface area contributed by atoms with E-state index in [4.69, 9.17) is 4.74 Å². The number of rotatable bonds is 4. The first kappa shape index (κ1) is 21.5. The minimum absolute atomic E-state index is 0.109. The van der Waals surface area contributed by atoms with Gasteiger partial charge in [0.1, 0.15) is 16.8 Å². The van der Waals surface area contributed by atoms with E-state index >= 15 is 0 Å². The summed E-state index contributed by atoms with van der Waals surface area (Å²) in [5.74, 6) is 0.692. The van der Waals surface area contributed by atoms with Gasteiger partial charge in [-0.1, -0.05) is 18.2 Å². The molecule has 1 aliphatic carbocycles. The monoisotopic (exact) mass is 489 g/mol. The Labute approximate surface area is 207 Å². The lowest BCUT2D eigenvalue weighted by Gasteiger charge is -2.30. The van der Waals surface area contributed by atoms with Crippen LogP contribution in [0.25, 0.3) is 5.00 Å². The number of nitrogens with one attached hydrogen (secondary N) is 1. The lowest BCUT2D eigenvalue weighted by molar-refractivity contribution is 0.195. The highest BCUT2D eigenvalue weighted by atomic mass is 32.1. The number of anilines is 1. The molecule has 1 N–H and O–H groups in total. The van der Waals surface area contributed by atoms with E-state index < -0.39 is 0 Å². The van der Waals surface area contributed by atoms with Crippen LogP contribution < -0.4 is 10.1 Å². The van der Waals surface area contributed by atoms with Gasteiger partial charge in [0, 0.05) is 21.5 Å². The van der Waals surface area contributed by atoms with Gasteiger partial charge in [-0.25, -0.2) is 4.79 Å². The lowest BCUT2D eigenvalue weighted by atomic mass is 9.95. The molecule has 0 spiro atoms. The van der Waals surface area contributed by atoms with Crippen LogP contribution in [0.15, 0.2) is 60.1 Å². The topological polar surface area (TPSA) is 46.5 Å². The summed E-state index contributed by atoms with van der Waals surface area (Å²) in [7, 11) is 0. The maximum atomic E-state index is 14.0. The summed E-state index contributed by atoms with van der Waals surface area (Å²) in [5, 5.41) is 6.54. The molecular formula is C27H27N3O2S2. The van der Waals surface area contributed by atoms with Crippen molar-refractivity contribution in [3.05, 3.63) is 86.7 Å². The quantitative estimate of drug-likeness (QED) is 0.335. The molecule has 34 heavy (non-hydrogen) atoms. The molecule has 5 nitrogen and oxygen atoms in total. The van der Waals surface area contributed by atoms with E-state index in [1.54, 1.807) is 11.3 Å². The molecule has 2 amide bonds. The predicted octanol–water partition coefficient (Wildman–Crippen LogP) is 7.01. The van der Waals surface area contributed by atoms with Crippen LogP contribution >= 0.6 is 22.7 Å². The van der Waals surface area contributed by atoms with Crippen molar-refractivity contribution < 1.29 is 9.53 Å². The van der Waals surface area contributed by atoms with Crippen molar-refractivity contribution in [2.24, 2.45) is 0 Å². The molecule has 174 valence electrons. The number of aromatic nitrogens is 1. The van der Waals surface area contributed by atoms with Crippen LogP contribution in [-0.2, 0) is 19.4 Å². The molecule has 2 aliphatic rings. The first-order valence-corrected chi connectivity index (χ1v) is 13.6. The Bertz CT molecular complexity index is 1320. The first-order chi connectivity index (χ1) is 16.7. The van der Waals surface area contributed by atoms with Crippen LogP contribution in [0.3, 0.4) is 0 Å². The standard InChI is InChI=1S/C27H27N3O2S2/c1-2-32-22-12-5-4-10-20(22)28-27(31)30-17-19-18-9-3-6-13-23(18)34-26(19)29-15-7-11-21(29)25(30)24-14-8-16-33-24/h4-5,7-8,10-12,14-16,25H,2-3,6,9,13,17H2,1H3,(H,28,31). The molecule has 1 aromatic carbocycles. The lowest BCUT2D eigenvalue weighted by Crippen LogP contribution is -2.37. The van der Waals surface area contributed by atoms with Crippen molar-refractivity contribution in [2.75, 3.05) is 11.9 Å². The molecule has 1 unspecified atom stereocenters. The number of urea groups is 1. The second-order valence-corrected chi connectivity index (χ2v) is 10.8. The van der Waals surface area contributed by atoms with Crippen molar-refractivity contribution in [1.29, 1.82) is 0 Å². The molecule has 6 rings (SSSR count). The predicted molar refractivity (Wildman–Crippen MR) is 139 cm³/mol. The summed E-state index contributed by atoms with van der Waals surface area (Å²) in [4.78, 5) is 18.6. The molecule has 1 atom stereocenters. The number of fused-ring (bicyclic) bond motifs is 5. The van der Waals surface area contributed by atoms with E-state index in [-0.39, 0.29) is 12.1 Å². The van der Waals surface area contributed by atoms with E-state index in [2.05, 4.69) is 45.7 Å². The molecule has 0 fully saturated rings. The van der Waals surface area contributed by atoms with Gasteiger partial charge >= 0.3 is 6.03 Å². The summed E-state index contributed by atoms with van der Waals surface area (Å²) in [6.45, 7) is 3.09. The molecule has 1 aliphatic heterocycles. The number of carbonyl (C=O) groups excluding carboxylic acids is 1. The maximum absolute atomic E-state index is 14.0. The average molecular weight is 490 g/mol. The number of hydrogen-bond acceptors (Lipinski definition) is 4. The van der Waals surface area contributed by atoms with E-state index in [9.17, 15) is 4.79 Å². The van der Waals surface area contributed by atoms with Crippen LogP contribution in [0, 0.1) is 0 Å². The van der Waals surface area contributed by atoms with Gasteiger partial charge in [0.2, 0.25) is 0 Å². The van der Waals surface area contributed by atoms with E-state index in [0.717, 1.165) is 23.4 Å². The van der Waals surface area contributed by atoms with Gasteiger partial charge in [0.25, 0.3) is 0 Å². The average Bonchev–Trinajstić information content (AvgIpc) is 3.60. The fraction of sp³-hybridized carbons (Fsp3) is 0.296. The van der Waals surface area contributed by atoms with Crippen molar-refractivity contribution in [3.8, 4) is 10.8 Å². The number of carbonyl (C=O) groups is 1. The highest BCUT2D eigenvalue weighted by molar-refractivity contribution is 7.15. The van der Waals surface area contributed by atoms with Gasteiger partial charge < -0.3 is 19.5 Å². The third-order valence-corrected chi connectivity index (χ3v) is 8.94. The van der Waals surface area contributed by atoms with Crippen LogP contribution in [-0.4, -0.2) is 22.1 Å². The van der Waals surface area contributed by atoms with Crippen LogP contribution in [0.1, 0.15) is 52.4 Å². The minimum atomic E-state index is -0.159. The second kappa shape index (κ2) is 8.96. The molecular weight excluding hydrogens is 462 g/mol. The largest absolute Gasteiger partial charge is 0.492 e. The number of aryl methyl sites for hydroxylation is 1. The van der Waals surface area contributed by atoms with E-state index in [1.807, 2.05) is 47.4 Å². The second-order valence-electron chi connectivity index (χ2n) is 8.70. The summed E-state index contributed by atoms with van der Waals surface area (Å²) in [6, 6.07) is 15.9. The number of amides is 2. The number of hydrogen-bond donors (Lipinski definition) is 1. The third-order valence-electron chi connectivity index (χ3n) is 6.68. The number of thiophene rings is 2. The fourth-order valence-corrected chi connectivity index (χ4v) is 7.42. The Morgan fingerprint density at radius 1 is 1.09 bits per heavy atom. The third kappa shape index (κ3) is 3.63. The molecule has 0 radical (unpaired) electrons. The van der Waals surface area contributed by atoms with Gasteiger partial charge in [-0.15, -0.1) is 22.7 Å². The highest BCUT2D eigenvalue weighted by Gasteiger charge is 2.36. The number of benzene rings is 1. The van der Waals surface area contributed by atoms with Crippen LogP contribution in [0.2, 0.25) is 0 Å². The molecule has 3 aromatic heterocycles. The van der Waals surface area contributed by atoms with Crippen molar-refractivity contribution in [3.63, 3.8) is 0 Å².